The zero-order valence-corrected chi connectivity index (χ0v) is 16.8. The SMILES string of the molecule is C[C@]12CCC(=O)C=C1C[C@@H](S)[C@@H]1[C@@H]2CC[C@@]2(C)[C@H]1CC[C@@]21CCC(=O)O1. The summed E-state index contributed by atoms with van der Waals surface area (Å²) >= 11 is 5.07. The maximum Gasteiger partial charge on any atom is 0.306 e. The third-order valence-corrected chi connectivity index (χ3v) is 9.84. The first-order valence-electron chi connectivity index (χ1n) is 10.4. The predicted molar refractivity (Wildman–Crippen MR) is 103 cm³/mol. The highest BCUT2D eigenvalue weighted by Gasteiger charge is 2.68. The normalized spacial score (nSPS) is 53.0. The molecule has 4 fully saturated rings. The number of ether oxygens (including phenoxy) is 1. The van der Waals surface area contributed by atoms with Gasteiger partial charge in [-0.2, -0.15) is 12.6 Å². The number of rotatable bonds is 0. The molecule has 142 valence electrons. The number of esters is 1. The van der Waals surface area contributed by atoms with Gasteiger partial charge in [0.15, 0.2) is 5.78 Å². The summed E-state index contributed by atoms with van der Waals surface area (Å²) in [5, 5.41) is 0.321. The van der Waals surface area contributed by atoms with Crippen molar-refractivity contribution in [1.29, 1.82) is 0 Å². The Balaban J connectivity index is 1.53. The average Bonchev–Trinajstić information content (AvgIpc) is 3.11. The molecule has 0 bridgehead atoms. The van der Waals surface area contributed by atoms with Crippen LogP contribution in [0.5, 0.6) is 0 Å². The van der Waals surface area contributed by atoms with Gasteiger partial charge in [0.2, 0.25) is 0 Å². The number of ketones is 1. The van der Waals surface area contributed by atoms with E-state index in [2.05, 4.69) is 13.8 Å². The minimum Gasteiger partial charge on any atom is -0.458 e. The van der Waals surface area contributed by atoms with Gasteiger partial charge in [0.25, 0.3) is 0 Å². The van der Waals surface area contributed by atoms with Gasteiger partial charge < -0.3 is 4.74 Å². The lowest BCUT2D eigenvalue weighted by Crippen LogP contribution is -2.57. The Bertz CT molecular complexity index is 714. The number of hydrogen-bond donors (Lipinski definition) is 1. The van der Waals surface area contributed by atoms with Crippen LogP contribution in [0, 0.1) is 28.6 Å². The molecule has 0 aromatic rings. The Kier molecular flexibility index (Phi) is 3.60. The largest absolute Gasteiger partial charge is 0.458 e. The van der Waals surface area contributed by atoms with E-state index in [1.807, 2.05) is 6.08 Å². The minimum atomic E-state index is -0.216. The summed E-state index contributed by atoms with van der Waals surface area (Å²) in [5.41, 5.74) is 1.41. The van der Waals surface area contributed by atoms with Crippen LogP contribution in [0.4, 0.5) is 0 Å². The summed E-state index contributed by atoms with van der Waals surface area (Å²) in [6.45, 7) is 4.81. The van der Waals surface area contributed by atoms with Gasteiger partial charge in [-0.15, -0.1) is 0 Å². The Labute approximate surface area is 161 Å². The molecule has 26 heavy (non-hydrogen) atoms. The summed E-state index contributed by atoms with van der Waals surface area (Å²) in [4.78, 5) is 24.0. The Hall–Kier alpha value is -0.770. The van der Waals surface area contributed by atoms with Crippen LogP contribution < -0.4 is 0 Å². The van der Waals surface area contributed by atoms with E-state index < -0.39 is 0 Å². The van der Waals surface area contributed by atoms with Crippen molar-refractivity contribution in [3.05, 3.63) is 11.6 Å². The highest BCUT2D eigenvalue weighted by molar-refractivity contribution is 7.81. The van der Waals surface area contributed by atoms with Crippen molar-refractivity contribution in [2.45, 2.75) is 82.5 Å². The standard InChI is InChI=1S/C22H30O3S/c1-20-7-3-14(23)11-13(20)12-17(26)19-15(20)4-8-21(2)16(19)5-9-22(21)10-6-18(24)25-22/h11,15-17,19,26H,3-10,12H2,1-2H3/t15-,16-,17+,19+,20-,21-,22+/m0/s1. The van der Waals surface area contributed by atoms with E-state index in [9.17, 15) is 9.59 Å². The molecule has 0 aromatic heterocycles. The molecule has 7 atom stereocenters. The van der Waals surface area contributed by atoms with Crippen LogP contribution in [0.25, 0.3) is 0 Å². The number of fused-ring (bicyclic) bond motifs is 6. The van der Waals surface area contributed by atoms with Gasteiger partial charge in [0.05, 0.1) is 0 Å². The van der Waals surface area contributed by atoms with Gasteiger partial charge in [0, 0.05) is 23.5 Å². The summed E-state index contributed by atoms with van der Waals surface area (Å²) in [5.74, 6) is 2.08. The third-order valence-electron chi connectivity index (χ3n) is 9.32. The van der Waals surface area contributed by atoms with Gasteiger partial charge in [-0.25, -0.2) is 0 Å². The smallest absolute Gasteiger partial charge is 0.306 e. The second kappa shape index (κ2) is 5.40. The molecule has 1 heterocycles. The number of thiol groups is 1. The molecule has 4 heteroatoms. The molecule has 5 aliphatic rings. The van der Waals surface area contributed by atoms with E-state index in [1.54, 1.807) is 0 Å². The maximum atomic E-state index is 12.0. The van der Waals surface area contributed by atoms with Gasteiger partial charge in [-0.1, -0.05) is 19.4 Å². The molecule has 0 aromatic carbocycles. The van der Waals surface area contributed by atoms with Crippen LogP contribution >= 0.6 is 12.6 Å². The molecule has 5 rings (SSSR count). The van der Waals surface area contributed by atoms with Crippen molar-refractivity contribution in [1.82, 2.24) is 0 Å². The fourth-order valence-corrected chi connectivity index (χ4v) is 8.44. The van der Waals surface area contributed by atoms with Crippen LogP contribution in [0.3, 0.4) is 0 Å². The quantitative estimate of drug-likeness (QED) is 0.501. The second-order valence-corrected chi connectivity index (χ2v) is 10.7. The predicted octanol–water partition coefficient (Wildman–Crippen LogP) is 4.50. The van der Waals surface area contributed by atoms with Crippen LogP contribution in [-0.4, -0.2) is 22.6 Å². The molecule has 0 amide bonds. The molecule has 0 unspecified atom stereocenters. The van der Waals surface area contributed by atoms with E-state index in [0.29, 0.717) is 41.6 Å². The van der Waals surface area contributed by atoms with Crippen molar-refractivity contribution in [2.75, 3.05) is 0 Å². The van der Waals surface area contributed by atoms with E-state index in [0.717, 1.165) is 38.5 Å². The number of carbonyl (C=O) groups is 2. The first kappa shape index (κ1) is 17.3. The molecule has 0 radical (unpaired) electrons. The van der Waals surface area contributed by atoms with Crippen molar-refractivity contribution in [3.8, 4) is 0 Å². The van der Waals surface area contributed by atoms with Crippen LogP contribution in [0.2, 0.25) is 0 Å². The van der Waals surface area contributed by atoms with Crippen LogP contribution in [0.1, 0.15) is 71.6 Å². The van der Waals surface area contributed by atoms with Gasteiger partial charge >= 0.3 is 5.97 Å². The zero-order valence-electron chi connectivity index (χ0n) is 15.9. The van der Waals surface area contributed by atoms with Gasteiger partial charge in [0.1, 0.15) is 5.60 Å². The lowest BCUT2D eigenvalue weighted by Gasteiger charge is -2.60. The number of hydrogen-bond acceptors (Lipinski definition) is 4. The monoisotopic (exact) mass is 374 g/mol. The zero-order chi connectivity index (χ0) is 18.3. The lowest BCUT2D eigenvalue weighted by atomic mass is 9.46. The Morgan fingerprint density at radius 3 is 2.54 bits per heavy atom. The van der Waals surface area contributed by atoms with Crippen molar-refractivity contribution < 1.29 is 14.3 Å². The molecule has 4 aliphatic carbocycles. The van der Waals surface area contributed by atoms with Crippen molar-refractivity contribution in [3.63, 3.8) is 0 Å². The van der Waals surface area contributed by atoms with E-state index in [1.165, 1.54) is 12.0 Å². The van der Waals surface area contributed by atoms with E-state index in [4.69, 9.17) is 17.4 Å². The molecule has 1 spiro atoms. The molecule has 1 saturated heterocycles. The van der Waals surface area contributed by atoms with Crippen molar-refractivity contribution in [2.24, 2.45) is 28.6 Å². The Morgan fingerprint density at radius 2 is 1.81 bits per heavy atom. The summed E-state index contributed by atoms with van der Waals surface area (Å²) in [6, 6.07) is 0. The topological polar surface area (TPSA) is 43.4 Å². The van der Waals surface area contributed by atoms with Crippen LogP contribution in [-0.2, 0) is 14.3 Å². The van der Waals surface area contributed by atoms with Gasteiger partial charge in [-0.05, 0) is 74.2 Å². The van der Waals surface area contributed by atoms with E-state index >= 15 is 0 Å². The van der Waals surface area contributed by atoms with Crippen molar-refractivity contribution >= 4 is 24.4 Å². The van der Waals surface area contributed by atoms with E-state index in [-0.39, 0.29) is 22.4 Å². The minimum absolute atomic E-state index is 0.00282. The summed E-state index contributed by atoms with van der Waals surface area (Å²) in [6.07, 6.45) is 10.6. The number of allylic oxidation sites excluding steroid dienone is 1. The summed E-state index contributed by atoms with van der Waals surface area (Å²) < 4.78 is 6.02. The molecular formula is C22H30O3S. The first-order valence-corrected chi connectivity index (χ1v) is 10.9. The van der Waals surface area contributed by atoms with Crippen LogP contribution in [0.15, 0.2) is 11.6 Å². The molecule has 3 nitrogen and oxygen atoms in total. The lowest BCUT2D eigenvalue weighted by molar-refractivity contribution is -0.167. The third kappa shape index (κ3) is 2.03. The molecule has 3 saturated carbocycles. The maximum absolute atomic E-state index is 12.0. The highest BCUT2D eigenvalue weighted by Crippen LogP contribution is 2.70. The van der Waals surface area contributed by atoms with Gasteiger partial charge in [-0.3, -0.25) is 9.59 Å². The molecular weight excluding hydrogens is 344 g/mol. The second-order valence-electron chi connectivity index (χ2n) is 10.1. The number of carbonyl (C=O) groups excluding carboxylic acids is 2. The highest BCUT2D eigenvalue weighted by atomic mass is 32.1. The fraction of sp³-hybridized carbons (Fsp3) is 0.818. The summed E-state index contributed by atoms with van der Waals surface area (Å²) in [7, 11) is 0. The average molecular weight is 375 g/mol. The fourth-order valence-electron chi connectivity index (χ4n) is 7.82. The first-order chi connectivity index (χ1) is 12.3. The molecule has 1 aliphatic heterocycles. The molecule has 0 N–H and O–H groups in total. The Morgan fingerprint density at radius 1 is 1.04 bits per heavy atom.